The summed E-state index contributed by atoms with van der Waals surface area (Å²) in [7, 11) is -3.61. The molecule has 0 saturated carbocycles. The molecule has 31 heavy (non-hydrogen) atoms. The van der Waals surface area contributed by atoms with Gasteiger partial charge < -0.3 is 15.0 Å². The first-order chi connectivity index (χ1) is 14.7. The number of likely N-dealkylation sites (tertiary alicyclic amines) is 1. The number of nitrogens with one attached hydrogen (secondary N) is 1. The first-order valence-corrected chi connectivity index (χ1v) is 12.0. The Bertz CT molecular complexity index is 881. The van der Waals surface area contributed by atoms with Gasteiger partial charge in [-0.05, 0) is 50.5 Å². The SMILES string of the molecule is CCN(CC)S(=O)(=O)c1ccc(C(=O)NCC(=O)OCC(=O)N2CCCCC2C)cc1. The van der Waals surface area contributed by atoms with E-state index in [2.05, 4.69) is 5.32 Å². The van der Waals surface area contributed by atoms with Crippen LogP contribution in [0.4, 0.5) is 0 Å². The molecular weight excluding hydrogens is 422 g/mol. The Kier molecular flexibility index (Phi) is 9.00. The fraction of sp³-hybridized carbons (Fsp3) is 0.571. The number of benzene rings is 1. The Labute approximate surface area is 183 Å². The summed E-state index contributed by atoms with van der Waals surface area (Å²) in [4.78, 5) is 38.1. The number of esters is 1. The molecule has 172 valence electrons. The molecular formula is C21H31N3O6S. The van der Waals surface area contributed by atoms with Gasteiger partial charge in [0.05, 0.1) is 4.90 Å². The quantitative estimate of drug-likeness (QED) is 0.566. The van der Waals surface area contributed by atoms with Crippen molar-refractivity contribution in [2.45, 2.75) is 51.0 Å². The van der Waals surface area contributed by atoms with E-state index in [1.807, 2.05) is 6.92 Å². The smallest absolute Gasteiger partial charge is 0.325 e. The summed E-state index contributed by atoms with van der Waals surface area (Å²) in [6.07, 6.45) is 2.96. The number of amides is 2. The van der Waals surface area contributed by atoms with Crippen molar-refractivity contribution < 1.29 is 27.5 Å². The molecule has 10 heteroatoms. The highest BCUT2D eigenvalue weighted by atomic mass is 32.2. The Balaban J connectivity index is 1.84. The van der Waals surface area contributed by atoms with Gasteiger partial charge >= 0.3 is 5.97 Å². The lowest BCUT2D eigenvalue weighted by atomic mass is 10.0. The van der Waals surface area contributed by atoms with Crippen molar-refractivity contribution in [2.75, 3.05) is 32.8 Å². The van der Waals surface area contributed by atoms with E-state index >= 15 is 0 Å². The van der Waals surface area contributed by atoms with Gasteiger partial charge in [-0.1, -0.05) is 13.8 Å². The fourth-order valence-corrected chi connectivity index (χ4v) is 4.95. The highest BCUT2D eigenvalue weighted by Crippen LogP contribution is 2.17. The molecule has 1 aromatic rings. The van der Waals surface area contributed by atoms with E-state index < -0.39 is 21.9 Å². The summed E-state index contributed by atoms with van der Waals surface area (Å²) >= 11 is 0. The molecule has 1 aliphatic rings. The zero-order chi connectivity index (χ0) is 23.0. The summed E-state index contributed by atoms with van der Waals surface area (Å²) < 4.78 is 31.3. The summed E-state index contributed by atoms with van der Waals surface area (Å²) in [6.45, 7) is 6.10. The van der Waals surface area contributed by atoms with Gasteiger partial charge in [0.2, 0.25) is 10.0 Å². The number of piperidine rings is 1. The predicted octanol–water partition coefficient (Wildman–Crippen LogP) is 1.39. The van der Waals surface area contributed by atoms with Crippen LogP contribution in [0.25, 0.3) is 0 Å². The lowest BCUT2D eigenvalue weighted by molar-refractivity contribution is -0.152. The van der Waals surface area contributed by atoms with Crippen LogP contribution in [0.15, 0.2) is 29.2 Å². The minimum absolute atomic E-state index is 0.0950. The minimum atomic E-state index is -3.61. The molecule has 1 fully saturated rings. The molecule has 1 aromatic carbocycles. The maximum atomic E-state index is 12.5. The molecule has 1 saturated heterocycles. The van der Waals surface area contributed by atoms with Gasteiger partial charge in [0.25, 0.3) is 11.8 Å². The van der Waals surface area contributed by atoms with Crippen LogP contribution in [0.3, 0.4) is 0 Å². The van der Waals surface area contributed by atoms with Crippen LogP contribution >= 0.6 is 0 Å². The minimum Gasteiger partial charge on any atom is -0.454 e. The highest BCUT2D eigenvalue weighted by molar-refractivity contribution is 7.89. The maximum Gasteiger partial charge on any atom is 0.325 e. The Hall–Kier alpha value is -2.46. The van der Waals surface area contributed by atoms with Crippen LogP contribution in [-0.2, 0) is 24.3 Å². The Morgan fingerprint density at radius 3 is 2.35 bits per heavy atom. The van der Waals surface area contributed by atoms with Crippen LogP contribution in [0, 0.1) is 0 Å². The molecule has 1 atom stereocenters. The largest absolute Gasteiger partial charge is 0.454 e. The molecule has 0 radical (unpaired) electrons. The summed E-state index contributed by atoms with van der Waals surface area (Å²) in [5.74, 6) is -1.50. The van der Waals surface area contributed by atoms with Crippen molar-refractivity contribution in [1.82, 2.24) is 14.5 Å². The van der Waals surface area contributed by atoms with Gasteiger partial charge in [0.1, 0.15) is 6.54 Å². The number of hydrogen-bond acceptors (Lipinski definition) is 6. The van der Waals surface area contributed by atoms with E-state index in [0.29, 0.717) is 19.6 Å². The van der Waals surface area contributed by atoms with Crippen molar-refractivity contribution in [1.29, 1.82) is 0 Å². The molecule has 0 spiro atoms. The number of ether oxygens (including phenoxy) is 1. The summed E-state index contributed by atoms with van der Waals surface area (Å²) in [5, 5.41) is 2.42. The number of nitrogens with zero attached hydrogens (tertiary/aromatic N) is 2. The van der Waals surface area contributed by atoms with Gasteiger partial charge in [0, 0.05) is 31.2 Å². The molecule has 0 aromatic heterocycles. The van der Waals surface area contributed by atoms with Crippen LogP contribution in [-0.4, -0.2) is 74.2 Å². The van der Waals surface area contributed by atoms with E-state index in [1.54, 1.807) is 18.7 Å². The summed E-state index contributed by atoms with van der Waals surface area (Å²) in [5.41, 5.74) is 0.213. The van der Waals surface area contributed by atoms with Crippen LogP contribution in [0.5, 0.6) is 0 Å². The van der Waals surface area contributed by atoms with Gasteiger partial charge in [-0.25, -0.2) is 8.42 Å². The third-order valence-corrected chi connectivity index (χ3v) is 7.40. The number of sulfonamides is 1. The van der Waals surface area contributed by atoms with E-state index in [0.717, 1.165) is 19.3 Å². The predicted molar refractivity (Wildman–Crippen MR) is 115 cm³/mol. The van der Waals surface area contributed by atoms with Gasteiger partial charge in [-0.3, -0.25) is 14.4 Å². The van der Waals surface area contributed by atoms with Crippen LogP contribution in [0.2, 0.25) is 0 Å². The van der Waals surface area contributed by atoms with Crippen molar-refractivity contribution >= 4 is 27.8 Å². The number of carbonyl (C=O) groups excluding carboxylic acids is 3. The van der Waals surface area contributed by atoms with Crippen molar-refractivity contribution in [3.8, 4) is 0 Å². The zero-order valence-electron chi connectivity index (χ0n) is 18.3. The first kappa shape index (κ1) is 24.8. The average molecular weight is 454 g/mol. The topological polar surface area (TPSA) is 113 Å². The molecule has 1 heterocycles. The number of rotatable bonds is 9. The number of hydrogen-bond donors (Lipinski definition) is 1. The second-order valence-electron chi connectivity index (χ2n) is 7.39. The molecule has 9 nitrogen and oxygen atoms in total. The third-order valence-electron chi connectivity index (χ3n) is 5.33. The average Bonchev–Trinajstić information content (AvgIpc) is 2.76. The van der Waals surface area contributed by atoms with E-state index in [1.165, 1.54) is 28.6 Å². The van der Waals surface area contributed by atoms with E-state index in [9.17, 15) is 22.8 Å². The van der Waals surface area contributed by atoms with Gasteiger partial charge in [-0.15, -0.1) is 0 Å². The molecule has 1 aliphatic heterocycles. The standard InChI is InChI=1S/C21H31N3O6S/c1-4-23(5-2)31(28,29)18-11-9-17(10-12-18)21(27)22-14-20(26)30-15-19(25)24-13-7-6-8-16(24)3/h9-12,16H,4-8,13-15H2,1-3H3,(H,22,27). The van der Waals surface area contributed by atoms with Crippen LogP contribution < -0.4 is 5.32 Å². The van der Waals surface area contributed by atoms with Crippen molar-refractivity contribution in [2.24, 2.45) is 0 Å². The van der Waals surface area contributed by atoms with E-state index in [4.69, 9.17) is 4.74 Å². The molecule has 2 rings (SSSR count). The van der Waals surface area contributed by atoms with Crippen molar-refractivity contribution in [3.05, 3.63) is 29.8 Å². The maximum absolute atomic E-state index is 12.5. The van der Waals surface area contributed by atoms with Gasteiger partial charge in [0.15, 0.2) is 6.61 Å². The third kappa shape index (κ3) is 6.51. The highest BCUT2D eigenvalue weighted by Gasteiger charge is 2.24. The van der Waals surface area contributed by atoms with Crippen molar-refractivity contribution in [3.63, 3.8) is 0 Å². The second-order valence-corrected chi connectivity index (χ2v) is 9.33. The monoisotopic (exact) mass is 453 g/mol. The molecule has 2 amide bonds. The normalized spacial score (nSPS) is 16.8. The van der Waals surface area contributed by atoms with E-state index in [-0.39, 0.29) is 35.6 Å². The molecule has 0 bridgehead atoms. The first-order valence-electron chi connectivity index (χ1n) is 10.5. The molecule has 1 unspecified atom stereocenters. The Morgan fingerprint density at radius 1 is 1.13 bits per heavy atom. The second kappa shape index (κ2) is 11.2. The molecule has 0 aliphatic carbocycles. The zero-order valence-corrected chi connectivity index (χ0v) is 19.1. The Morgan fingerprint density at radius 2 is 1.77 bits per heavy atom. The molecule has 1 N–H and O–H groups in total. The summed E-state index contributed by atoms with van der Waals surface area (Å²) in [6, 6.07) is 5.63. The lowest BCUT2D eigenvalue weighted by Gasteiger charge is -2.33. The van der Waals surface area contributed by atoms with Gasteiger partial charge in [-0.2, -0.15) is 4.31 Å². The number of carbonyl (C=O) groups is 3. The lowest BCUT2D eigenvalue weighted by Crippen LogP contribution is -2.44. The van der Waals surface area contributed by atoms with Crippen LogP contribution in [0.1, 0.15) is 50.4 Å². The fourth-order valence-electron chi connectivity index (χ4n) is 3.49.